The molecule has 2 heterocycles. The van der Waals surface area contributed by atoms with Crippen molar-refractivity contribution in [1.29, 1.82) is 0 Å². The van der Waals surface area contributed by atoms with E-state index in [9.17, 15) is 5.02 Å². The van der Waals surface area contributed by atoms with Crippen LogP contribution in [0.1, 0.15) is 18.9 Å². The van der Waals surface area contributed by atoms with Crippen LogP contribution in [-0.4, -0.2) is 23.7 Å². The van der Waals surface area contributed by atoms with Crippen molar-refractivity contribution in [3.05, 3.63) is 47.3 Å². The summed E-state index contributed by atoms with van der Waals surface area (Å²) in [7, 11) is -0.871. The Bertz CT molecular complexity index is 760. The maximum Gasteiger partial charge on any atom is 0.491 e. The van der Waals surface area contributed by atoms with Crippen molar-refractivity contribution in [2.45, 2.75) is 20.0 Å². The monoisotopic (exact) mass is 310 g/mol. The highest BCUT2D eigenvalue weighted by atomic mass is 16.5. The molecule has 0 aliphatic carbocycles. The average Bonchev–Trinajstić information content (AvgIpc) is 2.94. The predicted octanol–water partition coefficient (Wildman–Crippen LogP) is 2.43. The Morgan fingerprint density at radius 2 is 2.26 bits per heavy atom. The van der Waals surface area contributed by atoms with E-state index < -0.39 is 7.12 Å². The van der Waals surface area contributed by atoms with Gasteiger partial charge in [0.1, 0.15) is 5.75 Å². The average molecular weight is 310 g/mol. The molecule has 0 fully saturated rings. The van der Waals surface area contributed by atoms with Gasteiger partial charge in [0.05, 0.1) is 19.8 Å². The summed E-state index contributed by atoms with van der Waals surface area (Å²) in [5, 5.41) is 9.62. The standard InChI is InChI=1S/C16H15BN2O4/c1-3-8-21-16-14(18-2)6-7-15(19-16)23-12-4-5-13-11(9-12)10-22-17(13)20/h4-7,9,20H,3,8,10H2,1H3. The number of rotatable bonds is 5. The van der Waals surface area contributed by atoms with Gasteiger partial charge in [0.2, 0.25) is 17.4 Å². The fourth-order valence-corrected chi connectivity index (χ4v) is 2.25. The lowest BCUT2D eigenvalue weighted by Gasteiger charge is -2.10. The fourth-order valence-electron chi connectivity index (χ4n) is 2.25. The summed E-state index contributed by atoms with van der Waals surface area (Å²) in [6, 6.07) is 8.58. The molecule has 0 saturated heterocycles. The Balaban J connectivity index is 1.81. The molecule has 0 saturated carbocycles. The lowest BCUT2D eigenvalue weighted by Crippen LogP contribution is -2.27. The second kappa shape index (κ2) is 6.69. The maximum atomic E-state index is 9.62. The highest BCUT2D eigenvalue weighted by Crippen LogP contribution is 2.30. The van der Waals surface area contributed by atoms with Crippen molar-refractivity contribution in [3.8, 4) is 17.5 Å². The van der Waals surface area contributed by atoms with Crippen molar-refractivity contribution in [2.75, 3.05) is 6.61 Å². The van der Waals surface area contributed by atoms with Crippen LogP contribution in [0.4, 0.5) is 5.69 Å². The zero-order valence-electron chi connectivity index (χ0n) is 12.7. The summed E-state index contributed by atoms with van der Waals surface area (Å²) in [5.74, 6) is 1.22. The summed E-state index contributed by atoms with van der Waals surface area (Å²) in [6.45, 7) is 9.97. The topological polar surface area (TPSA) is 65.2 Å². The van der Waals surface area contributed by atoms with E-state index in [0.29, 0.717) is 30.5 Å². The SMILES string of the molecule is [C-]#[N+]c1ccc(Oc2ccc3c(c2)COB3O)nc1OCCC. The molecule has 0 amide bonds. The summed E-state index contributed by atoms with van der Waals surface area (Å²) in [4.78, 5) is 7.64. The largest absolute Gasteiger partial charge is 0.491 e. The number of hydrogen-bond donors (Lipinski definition) is 1. The molecule has 0 atom stereocenters. The molecule has 1 aromatic heterocycles. The predicted molar refractivity (Wildman–Crippen MR) is 85.2 cm³/mol. The third kappa shape index (κ3) is 3.28. The quantitative estimate of drug-likeness (QED) is 0.679. The summed E-state index contributed by atoms with van der Waals surface area (Å²) in [6.07, 6.45) is 0.831. The van der Waals surface area contributed by atoms with Gasteiger partial charge >= 0.3 is 7.12 Å². The Morgan fingerprint density at radius 3 is 3.04 bits per heavy atom. The number of nitrogens with zero attached hydrogens (tertiary/aromatic N) is 2. The van der Waals surface area contributed by atoms with Gasteiger partial charge in [-0.25, -0.2) is 4.85 Å². The third-order valence-corrected chi connectivity index (χ3v) is 3.38. The fraction of sp³-hybridized carbons (Fsp3) is 0.250. The molecule has 23 heavy (non-hydrogen) atoms. The lowest BCUT2D eigenvalue weighted by molar-refractivity contribution is 0.275. The molecule has 1 aromatic carbocycles. The first kappa shape index (κ1) is 15.3. The smallest absolute Gasteiger partial charge is 0.486 e. The van der Waals surface area contributed by atoms with Crippen LogP contribution in [0.5, 0.6) is 17.5 Å². The Morgan fingerprint density at radius 1 is 1.39 bits per heavy atom. The summed E-state index contributed by atoms with van der Waals surface area (Å²) in [5.41, 5.74) is 1.99. The van der Waals surface area contributed by atoms with Crippen LogP contribution in [0.3, 0.4) is 0 Å². The number of ether oxygens (including phenoxy) is 2. The van der Waals surface area contributed by atoms with E-state index in [-0.39, 0.29) is 5.88 Å². The minimum atomic E-state index is -0.871. The van der Waals surface area contributed by atoms with E-state index in [1.165, 1.54) is 0 Å². The van der Waals surface area contributed by atoms with E-state index in [4.69, 9.17) is 20.7 Å². The second-order valence-corrected chi connectivity index (χ2v) is 5.06. The number of aromatic nitrogens is 1. The molecular weight excluding hydrogens is 295 g/mol. The van der Waals surface area contributed by atoms with Gasteiger partial charge in [-0.05, 0) is 41.7 Å². The van der Waals surface area contributed by atoms with Gasteiger partial charge in [0, 0.05) is 0 Å². The van der Waals surface area contributed by atoms with Gasteiger partial charge in [-0.1, -0.05) is 13.0 Å². The van der Waals surface area contributed by atoms with Gasteiger partial charge in [0.15, 0.2) is 0 Å². The Kier molecular flexibility index (Phi) is 4.46. The molecule has 1 aliphatic rings. The van der Waals surface area contributed by atoms with Crippen molar-refractivity contribution < 1.29 is 19.2 Å². The van der Waals surface area contributed by atoms with Crippen molar-refractivity contribution >= 4 is 18.3 Å². The van der Waals surface area contributed by atoms with Gasteiger partial charge < -0.3 is 19.2 Å². The van der Waals surface area contributed by atoms with Crippen LogP contribution in [0.25, 0.3) is 4.85 Å². The van der Waals surface area contributed by atoms with Crippen LogP contribution in [0.2, 0.25) is 0 Å². The van der Waals surface area contributed by atoms with E-state index in [1.807, 2.05) is 13.0 Å². The van der Waals surface area contributed by atoms with Crippen LogP contribution >= 0.6 is 0 Å². The minimum absolute atomic E-state index is 0.277. The highest BCUT2D eigenvalue weighted by molar-refractivity contribution is 6.61. The van der Waals surface area contributed by atoms with Crippen molar-refractivity contribution in [3.63, 3.8) is 0 Å². The van der Waals surface area contributed by atoms with E-state index >= 15 is 0 Å². The Labute approximate surface area is 134 Å². The molecule has 0 radical (unpaired) electrons. The molecule has 2 aromatic rings. The van der Waals surface area contributed by atoms with Crippen molar-refractivity contribution in [1.82, 2.24) is 4.98 Å². The molecule has 1 N–H and O–H groups in total. The molecular formula is C16H15BN2O4. The molecule has 3 rings (SSSR count). The normalized spacial score (nSPS) is 12.7. The molecule has 0 bridgehead atoms. The highest BCUT2D eigenvalue weighted by Gasteiger charge is 2.27. The lowest BCUT2D eigenvalue weighted by atomic mass is 9.80. The second-order valence-electron chi connectivity index (χ2n) is 5.06. The molecule has 0 spiro atoms. The molecule has 116 valence electrons. The Hall–Kier alpha value is -2.56. The van der Waals surface area contributed by atoms with Gasteiger partial charge in [0.25, 0.3) is 0 Å². The molecule has 0 unspecified atom stereocenters. The number of pyridine rings is 1. The zero-order chi connectivity index (χ0) is 16.2. The molecule has 7 heteroatoms. The van der Waals surface area contributed by atoms with Crippen molar-refractivity contribution in [2.24, 2.45) is 0 Å². The number of fused-ring (bicyclic) bond motifs is 1. The zero-order valence-corrected chi connectivity index (χ0v) is 12.7. The van der Waals surface area contributed by atoms with E-state index in [1.54, 1.807) is 24.3 Å². The van der Waals surface area contributed by atoms with Gasteiger partial charge in [-0.2, -0.15) is 4.98 Å². The first-order valence-corrected chi connectivity index (χ1v) is 7.33. The first-order valence-electron chi connectivity index (χ1n) is 7.33. The number of benzene rings is 1. The van der Waals surface area contributed by atoms with Crippen LogP contribution in [0, 0.1) is 6.57 Å². The minimum Gasteiger partial charge on any atom is -0.486 e. The summed E-state index contributed by atoms with van der Waals surface area (Å²) >= 11 is 0. The first-order chi connectivity index (χ1) is 11.2. The van der Waals surface area contributed by atoms with Crippen LogP contribution in [0.15, 0.2) is 30.3 Å². The molecule has 6 nitrogen and oxygen atoms in total. The summed E-state index contributed by atoms with van der Waals surface area (Å²) < 4.78 is 16.4. The number of hydrogen-bond acceptors (Lipinski definition) is 5. The maximum absolute atomic E-state index is 9.62. The van der Waals surface area contributed by atoms with E-state index in [2.05, 4.69) is 9.83 Å². The van der Waals surface area contributed by atoms with Crippen LogP contribution < -0.4 is 14.9 Å². The van der Waals surface area contributed by atoms with Gasteiger partial charge in [-0.3, -0.25) is 0 Å². The third-order valence-electron chi connectivity index (χ3n) is 3.38. The van der Waals surface area contributed by atoms with Gasteiger partial charge in [-0.15, -0.1) is 0 Å². The van der Waals surface area contributed by atoms with Crippen LogP contribution in [-0.2, 0) is 11.3 Å². The van der Waals surface area contributed by atoms with E-state index in [0.717, 1.165) is 17.4 Å². The molecule has 1 aliphatic heterocycles.